The van der Waals surface area contributed by atoms with Gasteiger partial charge in [-0.1, -0.05) is 15.9 Å². The molecule has 1 amide bonds. The lowest BCUT2D eigenvalue weighted by Crippen LogP contribution is -2.46. The molecule has 0 unspecified atom stereocenters. The first-order valence-corrected chi connectivity index (χ1v) is 7.21. The van der Waals surface area contributed by atoms with Gasteiger partial charge in [-0.05, 0) is 43.5 Å². The van der Waals surface area contributed by atoms with E-state index < -0.39 is 5.41 Å². The van der Waals surface area contributed by atoms with Crippen LogP contribution in [0.4, 0.5) is 5.69 Å². The topological polar surface area (TPSA) is 64.4 Å². The first-order valence-electron chi connectivity index (χ1n) is 6.42. The highest BCUT2D eigenvalue weighted by molar-refractivity contribution is 9.10. The van der Waals surface area contributed by atoms with Crippen LogP contribution < -0.4 is 11.1 Å². The van der Waals surface area contributed by atoms with Crippen LogP contribution >= 0.6 is 15.9 Å². The highest BCUT2D eigenvalue weighted by atomic mass is 79.9. The lowest BCUT2D eigenvalue weighted by Gasteiger charge is -2.34. The molecule has 3 N–H and O–H groups in total. The molecule has 0 aromatic heterocycles. The molecule has 1 fully saturated rings. The van der Waals surface area contributed by atoms with Gasteiger partial charge in [0.2, 0.25) is 5.91 Å². The number of rotatable bonds is 3. The standard InChI is InChI=1S/C14H19BrN2O2/c1-10-6-11(15)8-12(7-10)17-13(18)14(9-16)2-4-19-5-3-14/h6-8H,2-5,9,16H2,1H3,(H,17,18). The van der Waals surface area contributed by atoms with E-state index in [9.17, 15) is 4.79 Å². The molecule has 0 bridgehead atoms. The molecular formula is C14H19BrN2O2. The molecule has 4 nitrogen and oxygen atoms in total. The molecule has 1 heterocycles. The maximum absolute atomic E-state index is 12.5. The molecule has 2 rings (SSSR count). The van der Waals surface area contributed by atoms with Crippen LogP contribution in [-0.4, -0.2) is 25.7 Å². The summed E-state index contributed by atoms with van der Waals surface area (Å²) >= 11 is 3.43. The fourth-order valence-electron chi connectivity index (χ4n) is 2.36. The van der Waals surface area contributed by atoms with Crippen molar-refractivity contribution in [2.45, 2.75) is 19.8 Å². The first-order chi connectivity index (χ1) is 9.05. The Labute approximate surface area is 121 Å². The summed E-state index contributed by atoms with van der Waals surface area (Å²) in [6.07, 6.45) is 1.37. The van der Waals surface area contributed by atoms with Crippen molar-refractivity contribution in [3.8, 4) is 0 Å². The first kappa shape index (κ1) is 14.5. The molecule has 1 aliphatic rings. The van der Waals surface area contributed by atoms with E-state index in [1.807, 2.05) is 25.1 Å². The van der Waals surface area contributed by atoms with Crippen LogP contribution in [0.3, 0.4) is 0 Å². The molecule has 1 aromatic rings. The van der Waals surface area contributed by atoms with Crippen molar-refractivity contribution in [2.75, 3.05) is 25.1 Å². The van der Waals surface area contributed by atoms with Gasteiger partial charge >= 0.3 is 0 Å². The molecule has 0 saturated carbocycles. The molecule has 1 aromatic carbocycles. The van der Waals surface area contributed by atoms with Gasteiger partial charge in [-0.25, -0.2) is 0 Å². The second-order valence-electron chi connectivity index (χ2n) is 5.07. The van der Waals surface area contributed by atoms with Gasteiger partial charge in [-0.3, -0.25) is 4.79 Å². The Kier molecular flexibility index (Phi) is 4.60. The SMILES string of the molecule is Cc1cc(Br)cc(NC(=O)C2(CN)CCOCC2)c1. The number of halogens is 1. The molecule has 1 aliphatic heterocycles. The zero-order valence-electron chi connectivity index (χ0n) is 11.0. The van der Waals surface area contributed by atoms with Crippen LogP contribution in [-0.2, 0) is 9.53 Å². The molecule has 0 aliphatic carbocycles. The van der Waals surface area contributed by atoms with E-state index >= 15 is 0 Å². The number of aryl methyl sites for hydroxylation is 1. The summed E-state index contributed by atoms with van der Waals surface area (Å²) < 4.78 is 6.28. The molecular weight excluding hydrogens is 308 g/mol. The van der Waals surface area contributed by atoms with E-state index in [0.717, 1.165) is 15.7 Å². The van der Waals surface area contributed by atoms with Crippen LogP contribution in [0.2, 0.25) is 0 Å². The van der Waals surface area contributed by atoms with E-state index in [2.05, 4.69) is 21.2 Å². The van der Waals surface area contributed by atoms with Crippen molar-refractivity contribution in [3.63, 3.8) is 0 Å². The maximum Gasteiger partial charge on any atom is 0.232 e. The Morgan fingerprint density at radius 2 is 2.11 bits per heavy atom. The number of nitrogens with one attached hydrogen (secondary N) is 1. The smallest absolute Gasteiger partial charge is 0.232 e. The summed E-state index contributed by atoms with van der Waals surface area (Å²) in [5.41, 5.74) is 7.23. The zero-order chi connectivity index (χ0) is 13.9. The van der Waals surface area contributed by atoms with Crippen molar-refractivity contribution >= 4 is 27.5 Å². The Balaban J connectivity index is 2.14. The van der Waals surface area contributed by atoms with Crippen molar-refractivity contribution in [1.82, 2.24) is 0 Å². The number of nitrogens with two attached hydrogens (primary N) is 1. The fraction of sp³-hybridized carbons (Fsp3) is 0.500. The molecule has 1 saturated heterocycles. The lowest BCUT2D eigenvalue weighted by atomic mass is 9.79. The predicted octanol–water partition coefficient (Wildman–Crippen LogP) is 2.45. The lowest BCUT2D eigenvalue weighted by molar-refractivity contribution is -0.130. The van der Waals surface area contributed by atoms with Crippen molar-refractivity contribution in [3.05, 3.63) is 28.2 Å². The third kappa shape index (κ3) is 3.35. The quantitative estimate of drug-likeness (QED) is 0.896. The molecule has 0 radical (unpaired) electrons. The number of anilines is 1. The monoisotopic (exact) mass is 326 g/mol. The maximum atomic E-state index is 12.5. The van der Waals surface area contributed by atoms with E-state index in [0.29, 0.717) is 32.6 Å². The Morgan fingerprint density at radius 3 is 2.68 bits per heavy atom. The Morgan fingerprint density at radius 1 is 1.42 bits per heavy atom. The molecule has 19 heavy (non-hydrogen) atoms. The van der Waals surface area contributed by atoms with Crippen molar-refractivity contribution in [1.29, 1.82) is 0 Å². The summed E-state index contributed by atoms with van der Waals surface area (Å²) in [5.74, 6) is -0.00389. The minimum atomic E-state index is -0.492. The van der Waals surface area contributed by atoms with Gasteiger partial charge in [-0.15, -0.1) is 0 Å². The summed E-state index contributed by atoms with van der Waals surface area (Å²) in [5, 5.41) is 2.98. The number of hydrogen-bond acceptors (Lipinski definition) is 3. The molecule has 0 atom stereocenters. The summed E-state index contributed by atoms with van der Waals surface area (Å²) in [6.45, 7) is 3.55. The van der Waals surface area contributed by atoms with Gasteiger partial charge in [0.1, 0.15) is 0 Å². The number of hydrogen-bond donors (Lipinski definition) is 2. The van der Waals surface area contributed by atoms with E-state index in [1.165, 1.54) is 0 Å². The minimum absolute atomic E-state index is 0.00389. The second kappa shape index (κ2) is 6.03. The average Bonchev–Trinajstić information content (AvgIpc) is 2.38. The number of carbonyl (C=O) groups excluding carboxylic acids is 1. The van der Waals surface area contributed by atoms with E-state index in [-0.39, 0.29) is 5.91 Å². The van der Waals surface area contributed by atoms with Gasteiger partial charge < -0.3 is 15.8 Å². The van der Waals surface area contributed by atoms with Crippen LogP contribution in [0.15, 0.2) is 22.7 Å². The third-order valence-corrected chi connectivity index (χ3v) is 4.08. The van der Waals surface area contributed by atoms with E-state index in [4.69, 9.17) is 10.5 Å². The van der Waals surface area contributed by atoms with Gasteiger partial charge in [0.05, 0.1) is 5.41 Å². The molecule has 104 valence electrons. The summed E-state index contributed by atoms with van der Waals surface area (Å²) in [6, 6.07) is 5.85. The van der Waals surface area contributed by atoms with Crippen LogP contribution in [0.25, 0.3) is 0 Å². The van der Waals surface area contributed by atoms with Crippen LogP contribution in [0.1, 0.15) is 18.4 Å². The second-order valence-corrected chi connectivity index (χ2v) is 5.98. The summed E-state index contributed by atoms with van der Waals surface area (Å²) in [7, 11) is 0. The number of benzene rings is 1. The number of carbonyl (C=O) groups is 1. The molecule has 0 spiro atoms. The highest BCUT2D eigenvalue weighted by Gasteiger charge is 2.38. The fourth-order valence-corrected chi connectivity index (χ4v) is 2.97. The van der Waals surface area contributed by atoms with Crippen molar-refractivity contribution < 1.29 is 9.53 Å². The third-order valence-electron chi connectivity index (χ3n) is 3.62. The zero-order valence-corrected chi connectivity index (χ0v) is 12.6. The molecule has 5 heteroatoms. The van der Waals surface area contributed by atoms with Gasteiger partial charge in [-0.2, -0.15) is 0 Å². The van der Waals surface area contributed by atoms with Gasteiger partial charge in [0.15, 0.2) is 0 Å². The Hall–Kier alpha value is -0.910. The minimum Gasteiger partial charge on any atom is -0.381 e. The largest absolute Gasteiger partial charge is 0.381 e. The predicted molar refractivity (Wildman–Crippen MR) is 79.0 cm³/mol. The van der Waals surface area contributed by atoms with Crippen molar-refractivity contribution in [2.24, 2.45) is 11.1 Å². The van der Waals surface area contributed by atoms with Crippen LogP contribution in [0, 0.1) is 12.3 Å². The highest BCUT2D eigenvalue weighted by Crippen LogP contribution is 2.31. The summed E-state index contributed by atoms with van der Waals surface area (Å²) in [4.78, 5) is 12.5. The van der Waals surface area contributed by atoms with Gasteiger partial charge in [0, 0.05) is 29.9 Å². The number of ether oxygens (including phenoxy) is 1. The van der Waals surface area contributed by atoms with Gasteiger partial charge in [0.25, 0.3) is 0 Å². The normalized spacial score (nSPS) is 18.1. The van der Waals surface area contributed by atoms with Crippen LogP contribution in [0.5, 0.6) is 0 Å². The van der Waals surface area contributed by atoms with E-state index in [1.54, 1.807) is 0 Å². The Bertz CT molecular complexity index is 450. The average molecular weight is 327 g/mol. The number of amides is 1.